The SMILES string of the molecule is CC(C)OC1C[C@H]2CC[C@@H](C1)N2. The lowest BCUT2D eigenvalue weighted by Crippen LogP contribution is -2.42. The summed E-state index contributed by atoms with van der Waals surface area (Å²) in [5.74, 6) is 0. The molecule has 0 amide bonds. The van der Waals surface area contributed by atoms with Gasteiger partial charge in [-0.2, -0.15) is 0 Å². The van der Waals surface area contributed by atoms with Gasteiger partial charge in [-0.25, -0.2) is 0 Å². The molecule has 1 unspecified atom stereocenters. The number of hydrogen-bond acceptors (Lipinski definition) is 2. The average Bonchev–Trinajstić information content (AvgIpc) is 2.29. The molecular weight excluding hydrogens is 150 g/mol. The molecule has 2 rings (SSSR count). The normalized spacial score (nSPS) is 40.8. The van der Waals surface area contributed by atoms with Gasteiger partial charge in [0.15, 0.2) is 0 Å². The lowest BCUT2D eigenvalue weighted by molar-refractivity contribution is -0.0180. The van der Waals surface area contributed by atoms with E-state index in [4.69, 9.17) is 4.74 Å². The Morgan fingerprint density at radius 1 is 1.17 bits per heavy atom. The molecule has 2 bridgehead atoms. The van der Waals surface area contributed by atoms with Crippen LogP contribution in [0.4, 0.5) is 0 Å². The van der Waals surface area contributed by atoms with Crippen molar-refractivity contribution in [3.8, 4) is 0 Å². The van der Waals surface area contributed by atoms with Crippen LogP contribution in [-0.2, 0) is 4.74 Å². The van der Waals surface area contributed by atoms with Crippen molar-refractivity contribution in [3.63, 3.8) is 0 Å². The van der Waals surface area contributed by atoms with Gasteiger partial charge in [-0.1, -0.05) is 0 Å². The summed E-state index contributed by atoms with van der Waals surface area (Å²) in [5, 5.41) is 3.61. The fourth-order valence-electron chi connectivity index (χ4n) is 2.50. The molecule has 1 N–H and O–H groups in total. The molecule has 0 aromatic carbocycles. The van der Waals surface area contributed by atoms with Gasteiger partial charge in [-0.3, -0.25) is 0 Å². The van der Waals surface area contributed by atoms with Crippen molar-refractivity contribution in [2.45, 2.75) is 63.8 Å². The van der Waals surface area contributed by atoms with E-state index in [1.54, 1.807) is 0 Å². The summed E-state index contributed by atoms with van der Waals surface area (Å²) in [6, 6.07) is 1.51. The number of piperidine rings is 1. The van der Waals surface area contributed by atoms with Crippen LogP contribution in [0.15, 0.2) is 0 Å². The van der Waals surface area contributed by atoms with Gasteiger partial charge in [-0.15, -0.1) is 0 Å². The average molecular weight is 169 g/mol. The summed E-state index contributed by atoms with van der Waals surface area (Å²) in [5.41, 5.74) is 0. The van der Waals surface area contributed by atoms with Gasteiger partial charge in [0, 0.05) is 12.1 Å². The van der Waals surface area contributed by atoms with Gasteiger partial charge < -0.3 is 10.1 Å². The fourth-order valence-corrected chi connectivity index (χ4v) is 2.50. The zero-order valence-electron chi connectivity index (χ0n) is 8.05. The lowest BCUT2D eigenvalue weighted by Gasteiger charge is -2.30. The second-order valence-corrected chi connectivity index (χ2v) is 4.42. The Morgan fingerprint density at radius 3 is 2.25 bits per heavy atom. The van der Waals surface area contributed by atoms with Crippen LogP contribution in [0, 0.1) is 0 Å². The zero-order valence-corrected chi connectivity index (χ0v) is 8.05. The van der Waals surface area contributed by atoms with Gasteiger partial charge >= 0.3 is 0 Å². The maximum Gasteiger partial charge on any atom is 0.0608 e. The molecule has 0 aromatic rings. The van der Waals surface area contributed by atoms with Crippen molar-refractivity contribution >= 4 is 0 Å². The summed E-state index contributed by atoms with van der Waals surface area (Å²) in [4.78, 5) is 0. The Hall–Kier alpha value is -0.0800. The van der Waals surface area contributed by atoms with E-state index < -0.39 is 0 Å². The van der Waals surface area contributed by atoms with Crippen LogP contribution < -0.4 is 5.32 Å². The van der Waals surface area contributed by atoms with E-state index in [9.17, 15) is 0 Å². The standard InChI is InChI=1S/C10H19NO/c1-7(2)12-10-5-8-3-4-9(6-10)11-8/h7-11H,3-6H2,1-2H3/t8-,9+,10?. The van der Waals surface area contributed by atoms with Crippen LogP contribution in [0.25, 0.3) is 0 Å². The molecular formula is C10H19NO. The van der Waals surface area contributed by atoms with E-state index >= 15 is 0 Å². The molecule has 0 aromatic heterocycles. The first kappa shape index (κ1) is 8.52. The molecule has 2 saturated heterocycles. The first-order chi connectivity index (χ1) is 5.74. The molecule has 2 aliphatic rings. The highest BCUT2D eigenvalue weighted by molar-refractivity contribution is 4.92. The maximum absolute atomic E-state index is 5.83. The molecule has 3 atom stereocenters. The number of fused-ring (bicyclic) bond motifs is 2. The minimum Gasteiger partial charge on any atom is -0.375 e. The van der Waals surface area contributed by atoms with E-state index in [1.807, 2.05) is 0 Å². The first-order valence-electron chi connectivity index (χ1n) is 5.15. The molecule has 0 spiro atoms. The molecule has 2 heterocycles. The third-order valence-corrected chi connectivity index (χ3v) is 2.89. The minimum absolute atomic E-state index is 0.396. The quantitative estimate of drug-likeness (QED) is 0.679. The van der Waals surface area contributed by atoms with E-state index in [0.29, 0.717) is 12.2 Å². The van der Waals surface area contributed by atoms with Crippen molar-refractivity contribution in [1.29, 1.82) is 0 Å². The van der Waals surface area contributed by atoms with Crippen molar-refractivity contribution in [2.75, 3.05) is 0 Å². The summed E-state index contributed by atoms with van der Waals surface area (Å²) in [6.45, 7) is 4.26. The Labute approximate surface area is 74.7 Å². The van der Waals surface area contributed by atoms with Crippen LogP contribution in [-0.4, -0.2) is 24.3 Å². The monoisotopic (exact) mass is 169 g/mol. The Bertz CT molecular complexity index is 146. The van der Waals surface area contributed by atoms with Gasteiger partial charge in [0.1, 0.15) is 0 Å². The Balaban J connectivity index is 1.85. The molecule has 2 fully saturated rings. The topological polar surface area (TPSA) is 21.3 Å². The van der Waals surface area contributed by atoms with Crippen molar-refractivity contribution < 1.29 is 4.74 Å². The van der Waals surface area contributed by atoms with Crippen molar-refractivity contribution in [1.82, 2.24) is 5.32 Å². The minimum atomic E-state index is 0.396. The molecule has 0 radical (unpaired) electrons. The van der Waals surface area contributed by atoms with E-state index in [0.717, 1.165) is 12.1 Å². The van der Waals surface area contributed by atoms with Crippen molar-refractivity contribution in [2.24, 2.45) is 0 Å². The molecule has 0 saturated carbocycles. The molecule has 2 heteroatoms. The van der Waals surface area contributed by atoms with Crippen LogP contribution in [0.2, 0.25) is 0 Å². The van der Waals surface area contributed by atoms with Crippen molar-refractivity contribution in [3.05, 3.63) is 0 Å². The number of hydrogen-bond donors (Lipinski definition) is 1. The zero-order chi connectivity index (χ0) is 8.55. The predicted molar refractivity (Wildman–Crippen MR) is 49.2 cm³/mol. The summed E-state index contributed by atoms with van der Waals surface area (Å²) < 4.78 is 5.83. The lowest BCUT2D eigenvalue weighted by atomic mass is 10.0. The third kappa shape index (κ3) is 1.80. The number of nitrogens with one attached hydrogen (secondary N) is 1. The molecule has 2 nitrogen and oxygen atoms in total. The van der Waals surface area contributed by atoms with Gasteiger partial charge in [0.05, 0.1) is 12.2 Å². The van der Waals surface area contributed by atoms with Gasteiger partial charge in [-0.05, 0) is 39.5 Å². The highest BCUT2D eigenvalue weighted by Gasteiger charge is 2.33. The van der Waals surface area contributed by atoms with Crippen LogP contribution in [0.3, 0.4) is 0 Å². The largest absolute Gasteiger partial charge is 0.375 e. The van der Waals surface area contributed by atoms with E-state index in [2.05, 4.69) is 19.2 Å². The second kappa shape index (κ2) is 3.35. The fraction of sp³-hybridized carbons (Fsp3) is 1.00. The smallest absolute Gasteiger partial charge is 0.0608 e. The number of ether oxygens (including phenoxy) is 1. The maximum atomic E-state index is 5.83. The highest BCUT2D eigenvalue weighted by Crippen LogP contribution is 2.28. The third-order valence-electron chi connectivity index (χ3n) is 2.89. The second-order valence-electron chi connectivity index (χ2n) is 4.42. The highest BCUT2D eigenvalue weighted by atomic mass is 16.5. The Kier molecular flexibility index (Phi) is 2.37. The molecule has 70 valence electrons. The molecule has 2 aliphatic heterocycles. The Morgan fingerprint density at radius 2 is 1.75 bits per heavy atom. The van der Waals surface area contributed by atoms with E-state index in [-0.39, 0.29) is 0 Å². The van der Waals surface area contributed by atoms with Gasteiger partial charge in [0.25, 0.3) is 0 Å². The van der Waals surface area contributed by atoms with Crippen LogP contribution >= 0.6 is 0 Å². The number of rotatable bonds is 2. The molecule has 12 heavy (non-hydrogen) atoms. The first-order valence-corrected chi connectivity index (χ1v) is 5.15. The van der Waals surface area contributed by atoms with Gasteiger partial charge in [0.2, 0.25) is 0 Å². The van der Waals surface area contributed by atoms with Crippen LogP contribution in [0.1, 0.15) is 39.5 Å². The summed E-state index contributed by atoms with van der Waals surface area (Å²) in [7, 11) is 0. The van der Waals surface area contributed by atoms with E-state index in [1.165, 1.54) is 25.7 Å². The van der Waals surface area contributed by atoms with Crippen LogP contribution in [0.5, 0.6) is 0 Å². The molecule has 0 aliphatic carbocycles. The summed E-state index contributed by atoms with van der Waals surface area (Å²) >= 11 is 0. The summed E-state index contributed by atoms with van der Waals surface area (Å²) in [6.07, 6.45) is 6.12. The predicted octanol–water partition coefficient (Wildman–Crippen LogP) is 1.69.